The van der Waals surface area contributed by atoms with E-state index in [1.165, 1.54) is 7.11 Å². The van der Waals surface area contributed by atoms with E-state index in [2.05, 4.69) is 0 Å². The second-order valence-corrected chi connectivity index (χ2v) is 4.54. The molecule has 2 rings (SSSR count). The van der Waals surface area contributed by atoms with E-state index in [1.54, 1.807) is 18.2 Å². The zero-order chi connectivity index (χ0) is 11.6. The Morgan fingerprint density at radius 3 is 2.69 bits per heavy atom. The first-order chi connectivity index (χ1) is 7.64. The molecule has 1 saturated carbocycles. The van der Waals surface area contributed by atoms with Gasteiger partial charge in [0.1, 0.15) is 0 Å². The molecule has 0 amide bonds. The van der Waals surface area contributed by atoms with Crippen molar-refractivity contribution in [2.45, 2.75) is 37.7 Å². The topological polar surface area (TPSA) is 29.5 Å². The van der Waals surface area contributed by atoms with Crippen molar-refractivity contribution in [3.05, 3.63) is 29.6 Å². The van der Waals surface area contributed by atoms with Gasteiger partial charge in [0.05, 0.1) is 12.7 Å². The number of rotatable bonds is 3. The maximum Gasteiger partial charge on any atom is 0.168 e. The smallest absolute Gasteiger partial charge is 0.168 e. The lowest BCUT2D eigenvalue weighted by Gasteiger charge is -2.22. The Morgan fingerprint density at radius 2 is 2.06 bits per heavy atom. The molecule has 1 aliphatic carbocycles. The Hall–Kier alpha value is -1.09. The first-order valence-corrected chi connectivity index (χ1v) is 5.68. The van der Waals surface area contributed by atoms with Gasteiger partial charge in [-0.15, -0.1) is 0 Å². The van der Waals surface area contributed by atoms with Crippen LogP contribution in [0.3, 0.4) is 0 Å². The molecule has 0 saturated heterocycles. The van der Waals surface area contributed by atoms with E-state index in [1.807, 2.05) is 0 Å². The monoisotopic (exact) mass is 224 g/mol. The average Bonchev–Trinajstić information content (AvgIpc) is 2.68. The van der Waals surface area contributed by atoms with Crippen LogP contribution < -0.4 is 4.74 Å². The van der Waals surface area contributed by atoms with Gasteiger partial charge in [0.25, 0.3) is 0 Å². The van der Waals surface area contributed by atoms with Gasteiger partial charge in [-0.1, -0.05) is 25.0 Å². The summed E-state index contributed by atoms with van der Waals surface area (Å²) >= 11 is 0. The molecule has 1 aromatic rings. The van der Waals surface area contributed by atoms with E-state index in [9.17, 15) is 9.50 Å². The Balaban J connectivity index is 2.21. The van der Waals surface area contributed by atoms with E-state index in [4.69, 9.17) is 4.74 Å². The van der Waals surface area contributed by atoms with Crippen LogP contribution in [-0.2, 0) is 6.42 Å². The summed E-state index contributed by atoms with van der Waals surface area (Å²) in [5.41, 5.74) is -0.170. The zero-order valence-corrected chi connectivity index (χ0v) is 9.50. The number of benzene rings is 1. The Bertz CT molecular complexity index is 370. The fraction of sp³-hybridized carbons (Fsp3) is 0.538. The number of hydrogen-bond acceptors (Lipinski definition) is 2. The van der Waals surface area contributed by atoms with Gasteiger partial charge in [0, 0.05) is 6.42 Å². The predicted molar refractivity (Wildman–Crippen MR) is 60.1 cm³/mol. The maximum atomic E-state index is 13.9. The number of methoxy groups -OCH3 is 1. The van der Waals surface area contributed by atoms with Crippen LogP contribution in [0.15, 0.2) is 18.2 Å². The second kappa shape index (κ2) is 4.42. The molecular formula is C13H17FO2. The lowest BCUT2D eigenvalue weighted by atomic mass is 9.92. The molecule has 0 spiro atoms. The van der Waals surface area contributed by atoms with Crippen LogP contribution in [0.1, 0.15) is 31.2 Å². The number of ether oxygens (including phenoxy) is 1. The van der Waals surface area contributed by atoms with E-state index in [0.29, 0.717) is 12.0 Å². The fourth-order valence-corrected chi connectivity index (χ4v) is 2.41. The SMILES string of the molecule is COc1cccc(CC2(O)CCCC2)c1F. The minimum absolute atomic E-state index is 0.249. The molecule has 0 aromatic heterocycles. The molecule has 0 radical (unpaired) electrons. The number of halogens is 1. The van der Waals surface area contributed by atoms with Gasteiger partial charge in [0.2, 0.25) is 0 Å². The van der Waals surface area contributed by atoms with E-state index in [-0.39, 0.29) is 11.6 Å². The molecule has 1 aliphatic rings. The summed E-state index contributed by atoms with van der Waals surface area (Å²) in [5.74, 6) is -0.0931. The van der Waals surface area contributed by atoms with Gasteiger partial charge < -0.3 is 9.84 Å². The van der Waals surface area contributed by atoms with Gasteiger partial charge in [-0.2, -0.15) is 0 Å². The van der Waals surface area contributed by atoms with Crippen molar-refractivity contribution in [3.63, 3.8) is 0 Å². The van der Waals surface area contributed by atoms with Crippen molar-refractivity contribution in [3.8, 4) is 5.75 Å². The van der Waals surface area contributed by atoms with E-state index >= 15 is 0 Å². The molecule has 0 aliphatic heterocycles. The van der Waals surface area contributed by atoms with Gasteiger partial charge in [-0.25, -0.2) is 4.39 Å². The number of aliphatic hydroxyl groups is 1. The number of hydrogen-bond donors (Lipinski definition) is 1. The van der Waals surface area contributed by atoms with Gasteiger partial charge in [-0.3, -0.25) is 0 Å². The lowest BCUT2D eigenvalue weighted by Crippen LogP contribution is -2.27. The highest BCUT2D eigenvalue weighted by Crippen LogP contribution is 2.34. The quantitative estimate of drug-likeness (QED) is 0.855. The summed E-state index contributed by atoms with van der Waals surface area (Å²) in [6.45, 7) is 0. The van der Waals surface area contributed by atoms with E-state index in [0.717, 1.165) is 25.7 Å². The average molecular weight is 224 g/mol. The maximum absolute atomic E-state index is 13.9. The standard InChI is InChI=1S/C13H17FO2/c1-16-11-6-4-5-10(12(11)14)9-13(15)7-2-3-8-13/h4-6,15H,2-3,7-9H2,1H3. The van der Waals surface area contributed by atoms with E-state index < -0.39 is 5.60 Å². The summed E-state index contributed by atoms with van der Waals surface area (Å²) < 4.78 is 18.8. The van der Waals surface area contributed by atoms with Crippen LogP contribution in [-0.4, -0.2) is 17.8 Å². The van der Waals surface area contributed by atoms with Gasteiger partial charge in [0.15, 0.2) is 11.6 Å². The van der Waals surface area contributed by atoms with Crippen LogP contribution in [0.2, 0.25) is 0 Å². The highest BCUT2D eigenvalue weighted by Gasteiger charge is 2.32. The first-order valence-electron chi connectivity index (χ1n) is 5.68. The summed E-state index contributed by atoms with van der Waals surface area (Å²) in [6, 6.07) is 5.07. The highest BCUT2D eigenvalue weighted by atomic mass is 19.1. The molecular weight excluding hydrogens is 207 g/mol. The molecule has 0 atom stereocenters. The van der Waals surface area contributed by atoms with Crippen LogP contribution >= 0.6 is 0 Å². The third kappa shape index (κ3) is 2.19. The Morgan fingerprint density at radius 1 is 1.38 bits per heavy atom. The van der Waals surface area contributed by atoms with Gasteiger partial charge in [-0.05, 0) is 24.5 Å². The van der Waals surface area contributed by atoms with Gasteiger partial charge >= 0.3 is 0 Å². The molecule has 0 bridgehead atoms. The largest absolute Gasteiger partial charge is 0.494 e. The second-order valence-electron chi connectivity index (χ2n) is 4.54. The third-order valence-corrected chi connectivity index (χ3v) is 3.32. The molecule has 1 N–H and O–H groups in total. The summed E-state index contributed by atoms with van der Waals surface area (Å²) in [4.78, 5) is 0. The molecule has 1 aromatic carbocycles. The fourth-order valence-electron chi connectivity index (χ4n) is 2.41. The molecule has 1 fully saturated rings. The van der Waals surface area contributed by atoms with Crippen LogP contribution in [0.4, 0.5) is 4.39 Å². The van der Waals surface area contributed by atoms with Crippen molar-refractivity contribution in [1.29, 1.82) is 0 Å². The van der Waals surface area contributed by atoms with Crippen molar-refractivity contribution >= 4 is 0 Å². The minimum atomic E-state index is -0.715. The van der Waals surface area contributed by atoms with Crippen molar-refractivity contribution in [1.82, 2.24) is 0 Å². The zero-order valence-electron chi connectivity index (χ0n) is 9.50. The summed E-state index contributed by atoms with van der Waals surface area (Å²) in [6.07, 6.45) is 3.98. The molecule has 0 unspecified atom stereocenters. The molecule has 16 heavy (non-hydrogen) atoms. The van der Waals surface area contributed by atoms with Crippen molar-refractivity contribution < 1.29 is 14.2 Å². The molecule has 3 heteroatoms. The van der Waals surface area contributed by atoms with Crippen molar-refractivity contribution in [2.24, 2.45) is 0 Å². The Labute approximate surface area is 95.1 Å². The van der Waals surface area contributed by atoms with Crippen LogP contribution in [0, 0.1) is 5.82 Å². The highest BCUT2D eigenvalue weighted by molar-refractivity contribution is 5.32. The summed E-state index contributed by atoms with van der Waals surface area (Å²) in [7, 11) is 1.45. The molecule has 2 nitrogen and oxygen atoms in total. The lowest BCUT2D eigenvalue weighted by molar-refractivity contribution is 0.0472. The van der Waals surface area contributed by atoms with Crippen LogP contribution in [0.5, 0.6) is 5.75 Å². The summed E-state index contributed by atoms with van der Waals surface area (Å²) in [5, 5.41) is 10.2. The molecule has 0 heterocycles. The predicted octanol–water partition coefficient (Wildman–Crippen LogP) is 2.68. The van der Waals surface area contributed by atoms with Crippen molar-refractivity contribution in [2.75, 3.05) is 7.11 Å². The third-order valence-electron chi connectivity index (χ3n) is 3.32. The van der Waals surface area contributed by atoms with Crippen LogP contribution in [0.25, 0.3) is 0 Å². The normalized spacial score (nSPS) is 18.7. The first kappa shape index (κ1) is 11.4. The minimum Gasteiger partial charge on any atom is -0.494 e. The molecule has 88 valence electrons. The Kier molecular flexibility index (Phi) is 3.15.